The molecule has 0 N–H and O–H groups in total. The van der Waals surface area contributed by atoms with Gasteiger partial charge >= 0.3 is 18.3 Å². The third-order valence-corrected chi connectivity index (χ3v) is 3.17. The molecule has 0 unspecified atom stereocenters. The summed E-state index contributed by atoms with van der Waals surface area (Å²) >= 11 is 11.0. The number of ether oxygens (including phenoxy) is 1. The smallest absolute Gasteiger partial charge is 0.413 e. The molecule has 2 nitrogen and oxygen atoms in total. The summed E-state index contributed by atoms with van der Waals surface area (Å²) in [5.74, 6) is -3.20. The Morgan fingerprint density at radius 1 is 1.05 bits per heavy atom. The molecule has 0 saturated carbocycles. The van der Waals surface area contributed by atoms with E-state index in [9.17, 15) is 31.1 Å². The third kappa shape index (κ3) is 3.37. The second-order valence-electron chi connectivity index (χ2n) is 4.08. The number of hydrogen-bond acceptors (Lipinski definition) is 2. The number of benzene rings is 1. The van der Waals surface area contributed by atoms with Gasteiger partial charge in [-0.2, -0.15) is 26.3 Å². The Kier molecular flexibility index (Phi) is 4.74. The number of carbonyl (C=O) groups is 1. The highest BCUT2D eigenvalue weighted by atomic mass is 35.5. The van der Waals surface area contributed by atoms with Crippen LogP contribution in [0.1, 0.15) is 6.92 Å². The Labute approximate surface area is 124 Å². The van der Waals surface area contributed by atoms with Gasteiger partial charge < -0.3 is 4.74 Å². The van der Waals surface area contributed by atoms with Crippen LogP contribution in [0.15, 0.2) is 18.2 Å². The number of carbonyl (C=O) groups excluding carboxylic acids is 1. The fourth-order valence-electron chi connectivity index (χ4n) is 1.15. The van der Waals surface area contributed by atoms with Crippen molar-refractivity contribution < 1.29 is 35.9 Å². The zero-order valence-corrected chi connectivity index (χ0v) is 11.6. The van der Waals surface area contributed by atoms with E-state index < -0.39 is 34.5 Å². The maximum Gasteiger partial charge on any atom is 0.413 e. The lowest BCUT2D eigenvalue weighted by Gasteiger charge is -2.31. The van der Waals surface area contributed by atoms with Gasteiger partial charge in [-0.1, -0.05) is 23.2 Å². The summed E-state index contributed by atoms with van der Waals surface area (Å²) in [5, 5.41) is -0.336. The lowest BCUT2D eigenvalue weighted by Crippen LogP contribution is -2.55. The molecule has 0 saturated heterocycles. The quantitative estimate of drug-likeness (QED) is 0.423. The predicted octanol–water partition coefficient (Wildman–Crippen LogP) is 5.03. The minimum absolute atomic E-state index is 0.0641. The highest BCUT2D eigenvalue weighted by Crippen LogP contribution is 2.51. The molecule has 1 rings (SSSR count). The SMILES string of the molecule is CC(C(=O)Oc1ccc(Cl)cc1Cl)(C(F)(F)F)C(F)(F)F. The largest absolute Gasteiger partial charge is 0.424 e. The molecule has 0 spiro atoms. The Bertz CT molecular complexity index is 539. The third-order valence-electron chi connectivity index (χ3n) is 2.64. The van der Waals surface area contributed by atoms with Crippen LogP contribution >= 0.6 is 23.2 Å². The molecular formula is C11H6Cl2F6O2. The summed E-state index contributed by atoms with van der Waals surface area (Å²) in [5.41, 5.74) is -4.68. The average Bonchev–Trinajstić information content (AvgIpc) is 2.28. The molecule has 1 aromatic rings. The van der Waals surface area contributed by atoms with Crippen LogP contribution in [0.3, 0.4) is 0 Å². The molecule has 0 fully saturated rings. The van der Waals surface area contributed by atoms with Gasteiger partial charge in [0.25, 0.3) is 5.41 Å². The molecule has 0 heterocycles. The van der Waals surface area contributed by atoms with E-state index in [0.717, 1.165) is 18.2 Å². The zero-order chi connectivity index (χ0) is 16.6. The highest BCUT2D eigenvalue weighted by Gasteiger charge is 2.73. The van der Waals surface area contributed by atoms with Crippen molar-refractivity contribution in [2.45, 2.75) is 19.3 Å². The summed E-state index contributed by atoms with van der Waals surface area (Å²) in [4.78, 5) is 11.4. The first-order valence-electron chi connectivity index (χ1n) is 5.11. The van der Waals surface area contributed by atoms with Crippen molar-refractivity contribution in [3.63, 3.8) is 0 Å². The van der Waals surface area contributed by atoms with Crippen LogP contribution in [0, 0.1) is 5.41 Å². The normalized spacial score (nSPS) is 13.2. The van der Waals surface area contributed by atoms with Crippen LogP contribution in [0.5, 0.6) is 5.75 Å². The number of esters is 1. The molecule has 1 aromatic carbocycles. The van der Waals surface area contributed by atoms with Crippen molar-refractivity contribution in [1.82, 2.24) is 0 Å². The molecular weight excluding hydrogens is 349 g/mol. The fraction of sp³-hybridized carbons (Fsp3) is 0.364. The van der Waals surface area contributed by atoms with Crippen molar-refractivity contribution in [2.24, 2.45) is 5.41 Å². The Morgan fingerprint density at radius 3 is 1.90 bits per heavy atom. The minimum Gasteiger partial charge on any atom is -0.424 e. The maximum atomic E-state index is 12.6. The van der Waals surface area contributed by atoms with Crippen molar-refractivity contribution in [3.8, 4) is 5.75 Å². The van der Waals surface area contributed by atoms with Gasteiger partial charge in [0, 0.05) is 5.02 Å². The molecule has 0 radical (unpaired) electrons. The first-order chi connectivity index (χ1) is 9.30. The van der Waals surface area contributed by atoms with Crippen molar-refractivity contribution in [2.75, 3.05) is 0 Å². The van der Waals surface area contributed by atoms with Gasteiger partial charge in [-0.3, -0.25) is 4.79 Å². The number of halogens is 8. The Hall–Kier alpha value is -1.15. The molecule has 118 valence electrons. The van der Waals surface area contributed by atoms with Gasteiger partial charge in [-0.25, -0.2) is 0 Å². The summed E-state index contributed by atoms with van der Waals surface area (Å²) < 4.78 is 80.0. The van der Waals surface area contributed by atoms with Gasteiger partial charge in [-0.15, -0.1) is 0 Å². The van der Waals surface area contributed by atoms with E-state index in [-0.39, 0.29) is 11.9 Å². The zero-order valence-electron chi connectivity index (χ0n) is 10.1. The van der Waals surface area contributed by atoms with Crippen LogP contribution in [-0.4, -0.2) is 18.3 Å². The van der Waals surface area contributed by atoms with Crippen LogP contribution in [0.4, 0.5) is 26.3 Å². The Morgan fingerprint density at radius 2 is 1.52 bits per heavy atom. The van der Waals surface area contributed by atoms with E-state index in [2.05, 4.69) is 4.74 Å². The second kappa shape index (κ2) is 5.57. The van der Waals surface area contributed by atoms with Crippen molar-refractivity contribution in [1.29, 1.82) is 0 Å². The van der Waals surface area contributed by atoms with Crippen LogP contribution in [0.2, 0.25) is 10.0 Å². The minimum atomic E-state index is -5.89. The first kappa shape index (κ1) is 17.9. The molecule has 0 atom stereocenters. The average molecular weight is 355 g/mol. The highest BCUT2D eigenvalue weighted by molar-refractivity contribution is 6.35. The molecule has 10 heteroatoms. The maximum absolute atomic E-state index is 12.6. The predicted molar refractivity (Wildman–Crippen MR) is 62.3 cm³/mol. The summed E-state index contributed by atoms with van der Waals surface area (Å²) in [6.07, 6.45) is -11.8. The molecule has 0 aliphatic rings. The van der Waals surface area contributed by atoms with Gasteiger partial charge in [0.05, 0.1) is 5.02 Å². The van der Waals surface area contributed by atoms with Gasteiger partial charge in [0.1, 0.15) is 5.75 Å². The van der Waals surface area contributed by atoms with Gasteiger partial charge in [0.2, 0.25) is 0 Å². The van der Waals surface area contributed by atoms with E-state index in [0.29, 0.717) is 0 Å². The summed E-state index contributed by atoms with van der Waals surface area (Å²) in [6.45, 7) is -0.306. The number of alkyl halides is 6. The molecule has 0 aliphatic heterocycles. The van der Waals surface area contributed by atoms with Crippen LogP contribution in [-0.2, 0) is 4.79 Å². The van der Waals surface area contributed by atoms with Gasteiger partial charge in [-0.05, 0) is 25.1 Å². The molecule has 0 aliphatic carbocycles. The number of hydrogen-bond donors (Lipinski definition) is 0. The number of rotatable bonds is 2. The van der Waals surface area contributed by atoms with E-state index >= 15 is 0 Å². The van der Waals surface area contributed by atoms with E-state index in [1.807, 2.05) is 0 Å². The van der Waals surface area contributed by atoms with Crippen molar-refractivity contribution >= 4 is 29.2 Å². The fourth-order valence-corrected chi connectivity index (χ4v) is 1.60. The molecule has 21 heavy (non-hydrogen) atoms. The van der Waals surface area contributed by atoms with Gasteiger partial charge in [0.15, 0.2) is 0 Å². The standard InChI is InChI=1S/C11H6Cl2F6O2/c1-9(10(14,15)16,11(17,18)19)8(20)21-7-3-2-5(12)4-6(7)13/h2-4H,1H3. The summed E-state index contributed by atoms with van der Waals surface area (Å²) in [7, 11) is 0. The first-order valence-corrected chi connectivity index (χ1v) is 5.87. The van der Waals surface area contributed by atoms with Crippen LogP contribution in [0.25, 0.3) is 0 Å². The molecule has 0 amide bonds. The monoisotopic (exact) mass is 354 g/mol. The Balaban J connectivity index is 3.20. The van der Waals surface area contributed by atoms with Crippen molar-refractivity contribution in [3.05, 3.63) is 28.2 Å². The molecule has 0 bridgehead atoms. The lowest BCUT2D eigenvalue weighted by atomic mass is 9.89. The van der Waals surface area contributed by atoms with E-state index in [1.54, 1.807) is 0 Å². The second-order valence-corrected chi connectivity index (χ2v) is 4.93. The topological polar surface area (TPSA) is 26.3 Å². The molecule has 0 aromatic heterocycles. The van der Waals surface area contributed by atoms with Crippen LogP contribution < -0.4 is 4.74 Å². The summed E-state index contributed by atoms with van der Waals surface area (Å²) in [6, 6.07) is 2.98. The van der Waals surface area contributed by atoms with E-state index in [4.69, 9.17) is 23.2 Å². The lowest BCUT2D eigenvalue weighted by molar-refractivity contribution is -0.323. The van der Waals surface area contributed by atoms with E-state index in [1.165, 1.54) is 0 Å².